The molecule has 9 nitrogen and oxygen atoms in total. The van der Waals surface area contributed by atoms with Crippen LogP contribution in [0.3, 0.4) is 0 Å². The molecular weight excluding hydrogens is 532 g/mol. The van der Waals surface area contributed by atoms with Crippen molar-refractivity contribution >= 4 is 18.0 Å². The number of carbonyl (C=O) groups is 3. The Morgan fingerprint density at radius 1 is 0.905 bits per heavy atom. The molecule has 0 bridgehead atoms. The summed E-state index contributed by atoms with van der Waals surface area (Å²) in [5.74, 6) is -0.458. The van der Waals surface area contributed by atoms with E-state index in [1.807, 2.05) is 20.8 Å². The van der Waals surface area contributed by atoms with E-state index in [4.69, 9.17) is 15.2 Å². The van der Waals surface area contributed by atoms with E-state index in [1.54, 1.807) is 4.90 Å². The van der Waals surface area contributed by atoms with E-state index in [9.17, 15) is 14.4 Å². The molecule has 2 aromatic rings. The molecule has 1 aliphatic rings. The third-order valence-electron chi connectivity index (χ3n) is 7.37. The first kappa shape index (κ1) is 33.1. The molecular formula is C33H48N4O5. The third-order valence-corrected chi connectivity index (χ3v) is 7.37. The first-order valence-electron chi connectivity index (χ1n) is 15.0. The largest absolute Gasteiger partial charge is 0.467 e. The molecule has 1 fully saturated rings. The summed E-state index contributed by atoms with van der Waals surface area (Å²) in [6.07, 6.45) is 4.38. The molecule has 1 heterocycles. The van der Waals surface area contributed by atoms with E-state index >= 15 is 0 Å². The zero-order valence-corrected chi connectivity index (χ0v) is 25.7. The number of alkyl carbamates (subject to hydrolysis) is 1. The van der Waals surface area contributed by atoms with Crippen LogP contribution in [0.4, 0.5) is 4.79 Å². The van der Waals surface area contributed by atoms with Crippen LogP contribution in [-0.4, -0.2) is 85.8 Å². The molecule has 2 amide bonds. The number of aryl methyl sites for hydroxylation is 2. The van der Waals surface area contributed by atoms with Crippen LogP contribution in [0.1, 0.15) is 57.6 Å². The minimum atomic E-state index is -0.643. The average Bonchev–Trinajstić information content (AvgIpc) is 2.97. The van der Waals surface area contributed by atoms with Crippen LogP contribution in [0, 0.1) is 0 Å². The lowest BCUT2D eigenvalue weighted by Gasteiger charge is -2.40. The van der Waals surface area contributed by atoms with Crippen LogP contribution in [0.15, 0.2) is 48.5 Å². The van der Waals surface area contributed by atoms with Gasteiger partial charge in [-0.1, -0.05) is 48.5 Å². The van der Waals surface area contributed by atoms with Crippen LogP contribution in [0.2, 0.25) is 0 Å². The second kappa shape index (κ2) is 16.3. The van der Waals surface area contributed by atoms with Gasteiger partial charge in [-0.3, -0.25) is 9.69 Å². The van der Waals surface area contributed by atoms with Gasteiger partial charge < -0.3 is 25.4 Å². The van der Waals surface area contributed by atoms with Gasteiger partial charge in [0.25, 0.3) is 0 Å². The van der Waals surface area contributed by atoms with E-state index in [-0.39, 0.29) is 5.91 Å². The number of nitrogens with two attached hydrogens (primary N) is 1. The van der Waals surface area contributed by atoms with Crippen molar-refractivity contribution in [2.75, 3.05) is 46.4 Å². The van der Waals surface area contributed by atoms with Crippen molar-refractivity contribution < 1.29 is 23.9 Å². The standard InChI is InChI=1S/C33H48N4O5/c1-33(2,3)42-32(40)35-20-7-21-36-22-23-37(29(24-36)31(39)41-4)30(38)18-13-26-11-16-28(17-12-26)27-14-9-25(10-15-27)8-5-6-19-34/h9-12,14-17,29H,5-8,13,18-24,34H2,1-4H3,(H,35,40)/t29-/m1/s1. The highest BCUT2D eigenvalue weighted by atomic mass is 16.6. The number of carbonyl (C=O) groups excluding carboxylic acids is 3. The Balaban J connectivity index is 1.47. The molecule has 1 saturated heterocycles. The number of hydrogen-bond acceptors (Lipinski definition) is 7. The second-order valence-corrected chi connectivity index (χ2v) is 11.8. The maximum atomic E-state index is 13.2. The van der Waals surface area contributed by atoms with Gasteiger partial charge >= 0.3 is 12.1 Å². The average molecular weight is 581 g/mol. The number of nitrogens with one attached hydrogen (secondary N) is 1. The van der Waals surface area contributed by atoms with E-state index in [2.05, 4.69) is 58.7 Å². The normalized spacial score (nSPS) is 15.7. The number of benzene rings is 2. The number of hydrogen-bond donors (Lipinski definition) is 2. The number of unbranched alkanes of at least 4 members (excludes halogenated alkanes) is 1. The molecule has 42 heavy (non-hydrogen) atoms. The number of rotatable bonds is 13. The molecule has 0 unspecified atom stereocenters. The van der Waals surface area contributed by atoms with Crippen molar-refractivity contribution in [1.82, 2.24) is 15.1 Å². The lowest BCUT2D eigenvalue weighted by atomic mass is 9.99. The maximum Gasteiger partial charge on any atom is 0.407 e. The van der Waals surface area contributed by atoms with Crippen molar-refractivity contribution in [2.45, 2.75) is 70.9 Å². The third kappa shape index (κ3) is 10.8. The predicted molar refractivity (Wildman–Crippen MR) is 165 cm³/mol. The molecule has 0 radical (unpaired) electrons. The zero-order chi connectivity index (χ0) is 30.5. The van der Waals surface area contributed by atoms with Gasteiger partial charge in [-0.05, 0) is 88.2 Å². The van der Waals surface area contributed by atoms with Crippen LogP contribution in [-0.2, 0) is 31.9 Å². The number of piperazine rings is 1. The summed E-state index contributed by atoms with van der Waals surface area (Å²) in [5, 5.41) is 2.76. The Kier molecular flexibility index (Phi) is 12.8. The molecule has 2 aromatic carbocycles. The topological polar surface area (TPSA) is 114 Å². The van der Waals surface area contributed by atoms with Gasteiger partial charge in [0.1, 0.15) is 11.6 Å². The molecule has 1 aliphatic heterocycles. The quantitative estimate of drug-likeness (QED) is 0.270. The summed E-state index contributed by atoms with van der Waals surface area (Å²) in [4.78, 5) is 41.4. The summed E-state index contributed by atoms with van der Waals surface area (Å²) in [6.45, 7) is 8.88. The van der Waals surface area contributed by atoms with Gasteiger partial charge in [-0.25, -0.2) is 9.59 Å². The lowest BCUT2D eigenvalue weighted by Crippen LogP contribution is -2.58. The van der Waals surface area contributed by atoms with Gasteiger partial charge in [-0.2, -0.15) is 0 Å². The highest BCUT2D eigenvalue weighted by Crippen LogP contribution is 2.22. The minimum absolute atomic E-state index is 0.0501. The molecule has 0 aliphatic carbocycles. The fourth-order valence-corrected chi connectivity index (χ4v) is 5.08. The second-order valence-electron chi connectivity index (χ2n) is 11.8. The summed E-state index contributed by atoms with van der Waals surface area (Å²) >= 11 is 0. The molecule has 0 aromatic heterocycles. The van der Waals surface area contributed by atoms with Gasteiger partial charge in [0.2, 0.25) is 5.91 Å². The van der Waals surface area contributed by atoms with Crippen molar-refractivity contribution in [2.24, 2.45) is 5.73 Å². The Bertz CT molecular complexity index is 1140. The van der Waals surface area contributed by atoms with Crippen LogP contribution >= 0.6 is 0 Å². The summed E-state index contributed by atoms with van der Waals surface area (Å²) in [5.41, 5.74) is 9.76. The number of amides is 2. The fraction of sp³-hybridized carbons (Fsp3) is 0.545. The van der Waals surface area contributed by atoms with Crippen LogP contribution in [0.25, 0.3) is 11.1 Å². The van der Waals surface area contributed by atoms with Gasteiger partial charge in [0.15, 0.2) is 0 Å². The highest BCUT2D eigenvalue weighted by molar-refractivity contribution is 5.85. The van der Waals surface area contributed by atoms with Crippen molar-refractivity contribution in [3.63, 3.8) is 0 Å². The smallest absolute Gasteiger partial charge is 0.407 e. The van der Waals surface area contributed by atoms with Crippen molar-refractivity contribution in [3.05, 3.63) is 59.7 Å². The minimum Gasteiger partial charge on any atom is -0.467 e. The Hall–Kier alpha value is -3.43. The maximum absolute atomic E-state index is 13.2. The van der Waals surface area contributed by atoms with E-state index in [0.717, 1.165) is 36.9 Å². The Morgan fingerprint density at radius 2 is 1.52 bits per heavy atom. The number of methoxy groups -OCH3 is 1. The van der Waals surface area contributed by atoms with Crippen molar-refractivity contribution in [1.29, 1.82) is 0 Å². The van der Waals surface area contributed by atoms with Gasteiger partial charge in [-0.15, -0.1) is 0 Å². The van der Waals surface area contributed by atoms with E-state index < -0.39 is 23.7 Å². The SMILES string of the molecule is COC(=O)[C@H]1CN(CCCNC(=O)OC(C)(C)C)CCN1C(=O)CCc1ccc(-c2ccc(CCCCN)cc2)cc1. The molecule has 230 valence electrons. The molecule has 3 rings (SSSR count). The number of nitrogens with zero attached hydrogens (tertiary/aromatic N) is 2. The predicted octanol–water partition coefficient (Wildman–Crippen LogP) is 4.17. The van der Waals surface area contributed by atoms with E-state index in [0.29, 0.717) is 52.0 Å². The van der Waals surface area contributed by atoms with E-state index in [1.165, 1.54) is 18.2 Å². The Morgan fingerprint density at radius 3 is 2.10 bits per heavy atom. The van der Waals surface area contributed by atoms with Gasteiger partial charge in [0.05, 0.1) is 7.11 Å². The molecule has 9 heteroatoms. The lowest BCUT2D eigenvalue weighted by molar-refractivity contribution is -0.156. The van der Waals surface area contributed by atoms with Crippen LogP contribution in [0.5, 0.6) is 0 Å². The first-order valence-corrected chi connectivity index (χ1v) is 15.0. The van der Waals surface area contributed by atoms with Crippen molar-refractivity contribution in [3.8, 4) is 11.1 Å². The summed E-state index contributed by atoms with van der Waals surface area (Å²) in [6, 6.07) is 16.3. The highest BCUT2D eigenvalue weighted by Gasteiger charge is 2.35. The van der Waals surface area contributed by atoms with Gasteiger partial charge in [0, 0.05) is 32.6 Å². The Labute approximate surface area is 250 Å². The summed E-state index contributed by atoms with van der Waals surface area (Å²) < 4.78 is 10.3. The monoisotopic (exact) mass is 580 g/mol. The number of ether oxygens (including phenoxy) is 2. The zero-order valence-electron chi connectivity index (χ0n) is 25.7. The molecule has 1 atom stereocenters. The fourth-order valence-electron chi connectivity index (χ4n) is 5.08. The summed E-state index contributed by atoms with van der Waals surface area (Å²) in [7, 11) is 1.35. The first-order chi connectivity index (χ1) is 20.1. The molecule has 3 N–H and O–H groups in total. The number of esters is 1. The molecule has 0 spiro atoms. The molecule has 0 saturated carbocycles. The van der Waals surface area contributed by atoms with Crippen LogP contribution < -0.4 is 11.1 Å².